The fraction of sp³-hybridized carbons (Fsp3) is 0.167. The summed E-state index contributed by atoms with van der Waals surface area (Å²) in [7, 11) is 0. The molecule has 4 aromatic rings. The van der Waals surface area contributed by atoms with Gasteiger partial charge in [0, 0.05) is 40.2 Å². The van der Waals surface area contributed by atoms with Gasteiger partial charge in [-0.2, -0.15) is 0 Å². The maximum Gasteiger partial charge on any atom is 0.0595 e. The molecule has 2 nitrogen and oxygen atoms in total. The predicted octanol–water partition coefficient (Wildman–Crippen LogP) is 7.64. The van der Waals surface area contributed by atoms with Crippen molar-refractivity contribution >= 4 is 57.3 Å². The maximum atomic E-state index is 6.27. The molecule has 0 aliphatic rings. The third-order valence-corrected chi connectivity index (χ3v) is 6.44. The number of para-hydroxylation sites is 1. The Bertz CT molecular complexity index is 1180. The Morgan fingerprint density at radius 2 is 1.60 bits per heavy atom. The molecule has 3 aromatic carbocycles. The molecule has 0 amide bonds. The summed E-state index contributed by atoms with van der Waals surface area (Å²) in [6.45, 7) is 2.34. The smallest absolute Gasteiger partial charge is 0.0595 e. The van der Waals surface area contributed by atoms with Crippen LogP contribution in [0.4, 0.5) is 0 Å². The van der Waals surface area contributed by atoms with E-state index < -0.39 is 0 Å². The van der Waals surface area contributed by atoms with E-state index in [2.05, 4.69) is 40.3 Å². The Morgan fingerprint density at radius 1 is 0.767 bits per heavy atom. The molecule has 154 valence electrons. The normalized spacial score (nSPS) is 11.3. The van der Waals surface area contributed by atoms with Crippen LogP contribution in [0, 0.1) is 0 Å². The van der Waals surface area contributed by atoms with Gasteiger partial charge < -0.3 is 9.88 Å². The SMILES string of the molecule is Clc1ccc(CCNCc2cn(Cc3ccc(Cl)c(Cl)c3)c3ccccc23)c(Cl)c1. The average molecular weight is 478 g/mol. The van der Waals surface area contributed by atoms with Gasteiger partial charge in [-0.25, -0.2) is 0 Å². The number of hydrogen-bond donors (Lipinski definition) is 1. The largest absolute Gasteiger partial charge is 0.343 e. The zero-order valence-electron chi connectivity index (χ0n) is 16.1. The Hall–Kier alpha value is -1.68. The maximum absolute atomic E-state index is 6.27. The van der Waals surface area contributed by atoms with Crippen LogP contribution in [0.15, 0.2) is 66.9 Å². The second-order valence-electron chi connectivity index (χ2n) is 7.21. The molecule has 1 heterocycles. The number of nitrogens with zero attached hydrogens (tertiary/aromatic N) is 1. The fourth-order valence-corrected chi connectivity index (χ4v) is 4.42. The Kier molecular flexibility index (Phi) is 6.92. The summed E-state index contributed by atoms with van der Waals surface area (Å²) in [6.07, 6.45) is 3.05. The fourth-order valence-electron chi connectivity index (χ4n) is 3.60. The molecule has 6 heteroatoms. The van der Waals surface area contributed by atoms with Gasteiger partial charge >= 0.3 is 0 Å². The monoisotopic (exact) mass is 476 g/mol. The quantitative estimate of drug-likeness (QED) is 0.270. The van der Waals surface area contributed by atoms with Crippen molar-refractivity contribution < 1.29 is 0 Å². The molecule has 0 aliphatic carbocycles. The summed E-state index contributed by atoms with van der Waals surface area (Å²) in [4.78, 5) is 0. The highest BCUT2D eigenvalue weighted by Gasteiger charge is 2.09. The lowest BCUT2D eigenvalue weighted by molar-refractivity contribution is 0.686. The molecule has 0 fully saturated rings. The molecule has 30 heavy (non-hydrogen) atoms. The van der Waals surface area contributed by atoms with E-state index in [4.69, 9.17) is 46.4 Å². The number of halogens is 4. The van der Waals surface area contributed by atoms with Crippen molar-refractivity contribution in [3.63, 3.8) is 0 Å². The van der Waals surface area contributed by atoms with Crippen molar-refractivity contribution in [3.8, 4) is 0 Å². The number of fused-ring (bicyclic) bond motifs is 1. The van der Waals surface area contributed by atoms with E-state index >= 15 is 0 Å². The van der Waals surface area contributed by atoms with Gasteiger partial charge in [-0.1, -0.05) is 76.7 Å². The second-order valence-corrected chi connectivity index (χ2v) is 8.87. The van der Waals surface area contributed by atoms with Crippen LogP contribution in [0.3, 0.4) is 0 Å². The summed E-state index contributed by atoms with van der Waals surface area (Å²) in [6, 6.07) is 19.9. The molecule has 0 aliphatic heterocycles. The lowest BCUT2D eigenvalue weighted by Gasteiger charge is -2.07. The van der Waals surface area contributed by atoms with Crippen LogP contribution in [0.5, 0.6) is 0 Å². The molecule has 0 bridgehead atoms. The Labute approximate surface area is 196 Å². The standard InChI is InChI=1S/C24H20Cl4N2/c25-19-7-6-17(22(27)12-19)9-10-29-13-18-15-30(24-4-2-1-3-20(18)24)14-16-5-8-21(26)23(28)11-16/h1-8,11-12,15,29H,9-10,13-14H2. The van der Waals surface area contributed by atoms with Gasteiger partial charge in [0.2, 0.25) is 0 Å². The molecular weight excluding hydrogens is 458 g/mol. The first kappa shape index (κ1) is 21.5. The summed E-state index contributed by atoms with van der Waals surface area (Å²) < 4.78 is 2.25. The van der Waals surface area contributed by atoms with Gasteiger partial charge in [0.25, 0.3) is 0 Å². The second kappa shape index (κ2) is 9.64. The number of hydrogen-bond acceptors (Lipinski definition) is 1. The average Bonchev–Trinajstić information content (AvgIpc) is 3.07. The van der Waals surface area contributed by atoms with Crippen LogP contribution in [0.1, 0.15) is 16.7 Å². The highest BCUT2D eigenvalue weighted by Crippen LogP contribution is 2.26. The van der Waals surface area contributed by atoms with Crippen LogP contribution < -0.4 is 5.32 Å². The van der Waals surface area contributed by atoms with Gasteiger partial charge in [0.1, 0.15) is 0 Å². The van der Waals surface area contributed by atoms with Gasteiger partial charge in [-0.05, 0) is 60.0 Å². The molecule has 0 unspecified atom stereocenters. The molecule has 0 saturated heterocycles. The highest BCUT2D eigenvalue weighted by molar-refractivity contribution is 6.42. The van der Waals surface area contributed by atoms with Crippen molar-refractivity contribution in [2.24, 2.45) is 0 Å². The van der Waals surface area contributed by atoms with Gasteiger partial charge in [0.05, 0.1) is 10.0 Å². The molecular formula is C24H20Cl4N2. The molecule has 0 spiro atoms. The van der Waals surface area contributed by atoms with E-state index in [0.29, 0.717) is 20.1 Å². The van der Waals surface area contributed by atoms with Crippen molar-refractivity contribution in [3.05, 3.63) is 104 Å². The van der Waals surface area contributed by atoms with Crippen LogP contribution in [-0.2, 0) is 19.5 Å². The van der Waals surface area contributed by atoms with E-state index in [1.165, 1.54) is 16.5 Å². The summed E-state index contributed by atoms with van der Waals surface area (Å²) in [5.74, 6) is 0. The predicted molar refractivity (Wildman–Crippen MR) is 129 cm³/mol. The minimum atomic E-state index is 0.573. The van der Waals surface area contributed by atoms with Crippen molar-refractivity contribution in [2.45, 2.75) is 19.5 Å². The van der Waals surface area contributed by atoms with Crippen molar-refractivity contribution in [2.75, 3.05) is 6.54 Å². The Morgan fingerprint density at radius 3 is 2.40 bits per heavy atom. The zero-order valence-corrected chi connectivity index (χ0v) is 19.2. The summed E-state index contributed by atoms with van der Waals surface area (Å²) in [5, 5.41) is 7.30. The zero-order chi connectivity index (χ0) is 21.1. The third-order valence-electron chi connectivity index (χ3n) is 5.11. The number of nitrogens with one attached hydrogen (secondary N) is 1. The lowest BCUT2D eigenvalue weighted by Crippen LogP contribution is -2.16. The van der Waals surface area contributed by atoms with E-state index in [-0.39, 0.29) is 0 Å². The minimum Gasteiger partial charge on any atom is -0.343 e. The minimum absolute atomic E-state index is 0.573. The molecule has 0 radical (unpaired) electrons. The van der Waals surface area contributed by atoms with Gasteiger partial charge in [0.15, 0.2) is 0 Å². The van der Waals surface area contributed by atoms with Crippen LogP contribution in [0.25, 0.3) is 10.9 Å². The van der Waals surface area contributed by atoms with Gasteiger partial charge in [-0.15, -0.1) is 0 Å². The van der Waals surface area contributed by atoms with E-state index in [0.717, 1.165) is 37.2 Å². The number of rotatable bonds is 7. The van der Waals surface area contributed by atoms with E-state index in [1.807, 2.05) is 30.3 Å². The third kappa shape index (κ3) is 4.96. The molecule has 1 aromatic heterocycles. The van der Waals surface area contributed by atoms with Crippen LogP contribution in [0.2, 0.25) is 20.1 Å². The number of benzene rings is 3. The molecule has 0 saturated carbocycles. The summed E-state index contributed by atoms with van der Waals surface area (Å²) in [5.41, 5.74) is 4.66. The van der Waals surface area contributed by atoms with E-state index in [1.54, 1.807) is 6.07 Å². The van der Waals surface area contributed by atoms with Crippen LogP contribution in [-0.4, -0.2) is 11.1 Å². The van der Waals surface area contributed by atoms with Crippen LogP contribution >= 0.6 is 46.4 Å². The first-order chi connectivity index (χ1) is 14.5. The van der Waals surface area contributed by atoms with Gasteiger partial charge in [-0.3, -0.25) is 0 Å². The van der Waals surface area contributed by atoms with E-state index in [9.17, 15) is 0 Å². The molecule has 1 N–H and O–H groups in total. The molecule has 0 atom stereocenters. The number of aromatic nitrogens is 1. The van der Waals surface area contributed by atoms with Crippen molar-refractivity contribution in [1.29, 1.82) is 0 Å². The van der Waals surface area contributed by atoms with Crippen molar-refractivity contribution in [1.82, 2.24) is 9.88 Å². The molecule has 4 rings (SSSR count). The first-order valence-corrected chi connectivity index (χ1v) is 11.2. The highest BCUT2D eigenvalue weighted by atomic mass is 35.5. The lowest BCUT2D eigenvalue weighted by atomic mass is 10.1. The Balaban J connectivity index is 1.47. The topological polar surface area (TPSA) is 17.0 Å². The first-order valence-electron chi connectivity index (χ1n) is 9.66. The summed E-state index contributed by atoms with van der Waals surface area (Å²) >= 11 is 24.5.